The summed E-state index contributed by atoms with van der Waals surface area (Å²) in [6.45, 7) is 0.695. The normalized spacial score (nSPS) is 10.4. The van der Waals surface area contributed by atoms with Gasteiger partial charge < -0.3 is 10.1 Å². The minimum atomic E-state index is -0.562. The van der Waals surface area contributed by atoms with Crippen LogP contribution in [0, 0.1) is 10.1 Å². The van der Waals surface area contributed by atoms with Crippen molar-refractivity contribution < 1.29 is 19.2 Å². The summed E-state index contributed by atoms with van der Waals surface area (Å²) in [5, 5.41) is 16.6. The highest BCUT2D eigenvalue weighted by Crippen LogP contribution is 2.10. The molecular formula is C13H16N4O5. The van der Waals surface area contributed by atoms with Gasteiger partial charge in [0.25, 0.3) is 5.69 Å². The topological polar surface area (TPSA) is 123 Å². The van der Waals surface area contributed by atoms with Crippen LogP contribution in [-0.4, -0.2) is 43.2 Å². The Kier molecular flexibility index (Phi) is 7.20. The van der Waals surface area contributed by atoms with E-state index in [2.05, 4.69) is 15.8 Å². The van der Waals surface area contributed by atoms with E-state index in [-0.39, 0.29) is 12.1 Å². The van der Waals surface area contributed by atoms with Crippen molar-refractivity contribution in [3.05, 3.63) is 39.9 Å². The van der Waals surface area contributed by atoms with Gasteiger partial charge in [-0.15, -0.1) is 0 Å². The number of non-ortho nitro benzene ring substituents is 1. The molecule has 0 unspecified atom stereocenters. The number of carbonyl (C=O) groups excluding carboxylic acids is 2. The first-order valence-corrected chi connectivity index (χ1v) is 6.35. The predicted molar refractivity (Wildman–Crippen MR) is 78.3 cm³/mol. The second kappa shape index (κ2) is 9.19. The van der Waals surface area contributed by atoms with Gasteiger partial charge >= 0.3 is 0 Å². The molecule has 0 heterocycles. The number of nitro benzene ring substituents is 1. The van der Waals surface area contributed by atoms with Crippen LogP contribution >= 0.6 is 0 Å². The van der Waals surface area contributed by atoms with Crippen LogP contribution in [0.2, 0.25) is 0 Å². The maximum atomic E-state index is 11.4. The zero-order chi connectivity index (χ0) is 16.4. The lowest BCUT2D eigenvalue weighted by atomic mass is 10.2. The number of benzene rings is 1. The molecule has 1 aromatic rings. The molecule has 0 atom stereocenters. The number of hydrogen-bond acceptors (Lipinski definition) is 6. The Morgan fingerprint density at radius 2 is 2.00 bits per heavy atom. The molecule has 0 radical (unpaired) electrons. The molecule has 0 aliphatic rings. The summed E-state index contributed by atoms with van der Waals surface area (Å²) in [6.07, 6.45) is 0.978. The van der Waals surface area contributed by atoms with Crippen molar-refractivity contribution in [2.75, 3.05) is 20.3 Å². The number of hydrazone groups is 1. The lowest BCUT2D eigenvalue weighted by molar-refractivity contribution is -0.384. The zero-order valence-electron chi connectivity index (χ0n) is 11.9. The predicted octanol–water partition coefficient (Wildman–Crippen LogP) is 0.198. The Hall–Kier alpha value is -2.81. The summed E-state index contributed by atoms with van der Waals surface area (Å²) in [6, 6.07) is 5.63. The van der Waals surface area contributed by atoms with Gasteiger partial charge in [-0.2, -0.15) is 5.10 Å². The van der Waals surface area contributed by atoms with Crippen LogP contribution in [0.15, 0.2) is 29.4 Å². The van der Waals surface area contributed by atoms with Gasteiger partial charge in [-0.05, 0) is 17.7 Å². The molecule has 0 saturated carbocycles. The number of nitrogens with one attached hydrogen (secondary N) is 2. The number of ether oxygens (including phenoxy) is 1. The Morgan fingerprint density at radius 3 is 2.59 bits per heavy atom. The highest BCUT2D eigenvalue weighted by molar-refractivity contribution is 5.97. The van der Waals surface area contributed by atoms with Gasteiger partial charge in [-0.1, -0.05) is 0 Å². The number of nitro groups is 1. The Morgan fingerprint density at radius 1 is 1.32 bits per heavy atom. The number of amides is 2. The lowest BCUT2D eigenvalue weighted by Crippen LogP contribution is -2.31. The van der Waals surface area contributed by atoms with Crippen LogP contribution in [-0.2, 0) is 14.3 Å². The Balaban J connectivity index is 2.36. The third-order valence-electron chi connectivity index (χ3n) is 2.46. The molecule has 0 aromatic heterocycles. The molecule has 2 N–H and O–H groups in total. The van der Waals surface area contributed by atoms with Gasteiger partial charge in [0.05, 0.1) is 17.7 Å². The van der Waals surface area contributed by atoms with Crippen molar-refractivity contribution in [3.8, 4) is 0 Å². The fourth-order valence-electron chi connectivity index (χ4n) is 1.40. The second-order valence-corrected chi connectivity index (χ2v) is 4.16. The number of carbonyl (C=O) groups is 2. The summed E-state index contributed by atoms with van der Waals surface area (Å²) >= 11 is 0. The van der Waals surface area contributed by atoms with E-state index < -0.39 is 16.7 Å². The maximum Gasteiger partial charge on any atom is 0.269 e. The first kappa shape index (κ1) is 17.2. The van der Waals surface area contributed by atoms with Crippen molar-refractivity contribution in [1.29, 1.82) is 0 Å². The highest BCUT2D eigenvalue weighted by Gasteiger charge is 2.07. The quantitative estimate of drug-likeness (QED) is 0.233. The summed E-state index contributed by atoms with van der Waals surface area (Å²) in [5.74, 6) is -0.992. The first-order chi connectivity index (χ1) is 10.5. The smallest absolute Gasteiger partial charge is 0.269 e. The van der Waals surface area contributed by atoms with Crippen molar-refractivity contribution in [3.63, 3.8) is 0 Å². The molecule has 0 aliphatic heterocycles. The monoisotopic (exact) mass is 308 g/mol. The first-order valence-electron chi connectivity index (χ1n) is 6.35. The van der Waals surface area contributed by atoms with Crippen molar-refractivity contribution in [1.82, 2.24) is 10.7 Å². The number of nitrogens with zero attached hydrogens (tertiary/aromatic N) is 2. The van der Waals surface area contributed by atoms with E-state index >= 15 is 0 Å². The summed E-state index contributed by atoms with van der Waals surface area (Å²) in [4.78, 5) is 32.7. The molecule has 1 aromatic carbocycles. The van der Waals surface area contributed by atoms with E-state index in [1.165, 1.54) is 37.6 Å². The van der Waals surface area contributed by atoms with E-state index in [0.717, 1.165) is 0 Å². The van der Waals surface area contributed by atoms with E-state index in [1.807, 2.05) is 0 Å². The lowest BCUT2D eigenvalue weighted by Gasteiger charge is -2.03. The third-order valence-corrected chi connectivity index (χ3v) is 2.46. The average Bonchev–Trinajstić information content (AvgIpc) is 2.48. The molecule has 0 aliphatic carbocycles. The molecule has 9 heteroatoms. The average molecular weight is 308 g/mol. The van der Waals surface area contributed by atoms with Gasteiger partial charge in [-0.25, -0.2) is 5.43 Å². The molecule has 22 heavy (non-hydrogen) atoms. The van der Waals surface area contributed by atoms with Gasteiger partial charge in [0.2, 0.25) is 11.8 Å². The minimum Gasteiger partial charge on any atom is -0.383 e. The van der Waals surface area contributed by atoms with Crippen LogP contribution in [0.25, 0.3) is 0 Å². The van der Waals surface area contributed by atoms with Crippen molar-refractivity contribution in [2.24, 2.45) is 5.10 Å². The summed E-state index contributed by atoms with van der Waals surface area (Å²) < 4.78 is 4.75. The Bertz CT molecular complexity index is 556. The molecule has 118 valence electrons. The van der Waals surface area contributed by atoms with Crippen LogP contribution in [0.3, 0.4) is 0 Å². The fourth-order valence-corrected chi connectivity index (χ4v) is 1.40. The minimum absolute atomic E-state index is 0.0334. The molecular weight excluding hydrogens is 292 g/mol. The van der Waals surface area contributed by atoms with Crippen LogP contribution in [0.4, 0.5) is 5.69 Å². The van der Waals surface area contributed by atoms with E-state index in [9.17, 15) is 19.7 Å². The van der Waals surface area contributed by atoms with E-state index in [4.69, 9.17) is 4.74 Å². The van der Waals surface area contributed by atoms with Crippen LogP contribution in [0.5, 0.6) is 0 Å². The van der Waals surface area contributed by atoms with Crippen LogP contribution < -0.4 is 10.7 Å². The SMILES string of the molecule is COCCNC(=O)CC(=O)N/N=C/c1ccc([N+](=O)[O-])cc1. The molecule has 1 rings (SSSR count). The van der Waals surface area contributed by atoms with Crippen LogP contribution in [0.1, 0.15) is 12.0 Å². The largest absolute Gasteiger partial charge is 0.383 e. The Labute approximate surface area is 126 Å². The molecule has 0 spiro atoms. The van der Waals surface area contributed by atoms with E-state index in [0.29, 0.717) is 18.7 Å². The van der Waals surface area contributed by atoms with Gasteiger partial charge in [0.1, 0.15) is 6.42 Å². The fraction of sp³-hybridized carbons (Fsp3) is 0.308. The molecule has 9 nitrogen and oxygen atoms in total. The number of hydrogen-bond donors (Lipinski definition) is 2. The van der Waals surface area contributed by atoms with Crippen molar-refractivity contribution in [2.45, 2.75) is 6.42 Å². The highest BCUT2D eigenvalue weighted by atomic mass is 16.6. The van der Waals surface area contributed by atoms with Gasteiger partial charge in [0, 0.05) is 25.8 Å². The molecule has 0 saturated heterocycles. The zero-order valence-corrected chi connectivity index (χ0v) is 11.9. The number of methoxy groups -OCH3 is 1. The molecule has 0 fully saturated rings. The number of rotatable bonds is 8. The van der Waals surface area contributed by atoms with Gasteiger partial charge in [-0.3, -0.25) is 19.7 Å². The van der Waals surface area contributed by atoms with Crippen molar-refractivity contribution >= 4 is 23.7 Å². The van der Waals surface area contributed by atoms with E-state index in [1.54, 1.807) is 0 Å². The van der Waals surface area contributed by atoms with Gasteiger partial charge in [0.15, 0.2) is 0 Å². The summed E-state index contributed by atoms with van der Waals surface area (Å²) in [5.41, 5.74) is 2.74. The second-order valence-electron chi connectivity index (χ2n) is 4.16. The maximum absolute atomic E-state index is 11.4. The summed E-state index contributed by atoms with van der Waals surface area (Å²) in [7, 11) is 1.51. The molecule has 2 amide bonds. The standard InChI is InChI=1S/C13H16N4O5/c1-22-7-6-14-12(18)8-13(19)16-15-9-10-2-4-11(5-3-10)17(20)21/h2-5,9H,6-8H2,1H3,(H,14,18)(H,16,19)/b15-9+. The third kappa shape index (κ3) is 6.57. The molecule has 0 bridgehead atoms.